The summed E-state index contributed by atoms with van der Waals surface area (Å²) in [5.74, 6) is 0.404. The van der Waals surface area contributed by atoms with Gasteiger partial charge in [-0.2, -0.15) is 0 Å². The molecule has 0 spiro atoms. The largest absolute Gasteiger partial charge is 0.462 e. The third kappa shape index (κ3) is 4.77. The smallest absolute Gasteiger partial charge is 0.341 e. The lowest BCUT2D eigenvalue weighted by Gasteiger charge is -2.18. The van der Waals surface area contributed by atoms with Crippen molar-refractivity contribution in [2.75, 3.05) is 13.2 Å². The van der Waals surface area contributed by atoms with E-state index in [9.17, 15) is 4.79 Å². The fraction of sp³-hybridized carbons (Fsp3) is 0.688. The van der Waals surface area contributed by atoms with Crippen molar-refractivity contribution in [3.8, 4) is 0 Å². The predicted molar refractivity (Wildman–Crippen MR) is 81.4 cm³/mol. The van der Waals surface area contributed by atoms with Crippen LogP contribution in [0.3, 0.4) is 0 Å². The number of ether oxygens (including phenoxy) is 2. The van der Waals surface area contributed by atoms with Crippen LogP contribution in [0, 0.1) is 0 Å². The molecule has 0 bridgehead atoms. The average molecular weight is 294 g/mol. The minimum absolute atomic E-state index is 0.117. The molecule has 21 heavy (non-hydrogen) atoms. The van der Waals surface area contributed by atoms with Gasteiger partial charge < -0.3 is 9.47 Å². The third-order valence-corrected chi connectivity index (χ3v) is 3.09. The summed E-state index contributed by atoms with van der Waals surface area (Å²) in [4.78, 5) is 20.9. The van der Waals surface area contributed by atoms with Gasteiger partial charge in [-0.3, -0.25) is 0 Å². The van der Waals surface area contributed by atoms with Gasteiger partial charge in [-0.1, -0.05) is 27.2 Å². The van der Waals surface area contributed by atoms with E-state index >= 15 is 0 Å². The van der Waals surface area contributed by atoms with Crippen LogP contribution in [0.1, 0.15) is 81.4 Å². The maximum atomic E-state index is 12.0. The maximum absolute atomic E-state index is 12.0. The molecule has 5 nitrogen and oxygen atoms in total. The molecule has 0 aromatic carbocycles. The van der Waals surface area contributed by atoms with E-state index < -0.39 is 0 Å². The fourth-order valence-corrected chi connectivity index (χ4v) is 2.12. The van der Waals surface area contributed by atoms with Gasteiger partial charge >= 0.3 is 5.97 Å². The highest BCUT2D eigenvalue weighted by molar-refractivity contribution is 5.90. The SMILES string of the molecule is CCCC(OCC)c1ncc(C(=O)OCC)c(C(C)C)n1. The lowest BCUT2D eigenvalue weighted by Crippen LogP contribution is -2.16. The quantitative estimate of drug-likeness (QED) is 0.685. The summed E-state index contributed by atoms with van der Waals surface area (Å²) in [6.45, 7) is 10.8. The maximum Gasteiger partial charge on any atom is 0.341 e. The molecule has 0 amide bonds. The molecule has 1 rings (SSSR count). The number of nitrogens with zero attached hydrogens (tertiary/aromatic N) is 2. The number of hydrogen-bond acceptors (Lipinski definition) is 5. The second kappa shape index (κ2) is 8.72. The van der Waals surface area contributed by atoms with E-state index in [0.29, 0.717) is 24.6 Å². The molecule has 0 saturated heterocycles. The fourth-order valence-electron chi connectivity index (χ4n) is 2.12. The number of carbonyl (C=O) groups excluding carboxylic acids is 1. The Bertz CT molecular complexity index is 455. The van der Waals surface area contributed by atoms with E-state index in [1.54, 1.807) is 13.1 Å². The van der Waals surface area contributed by atoms with Gasteiger partial charge in [-0.15, -0.1) is 0 Å². The van der Waals surface area contributed by atoms with Crippen molar-refractivity contribution in [2.24, 2.45) is 0 Å². The summed E-state index contributed by atoms with van der Waals surface area (Å²) in [6, 6.07) is 0. The van der Waals surface area contributed by atoms with E-state index in [1.807, 2.05) is 20.8 Å². The van der Waals surface area contributed by atoms with E-state index in [4.69, 9.17) is 9.47 Å². The van der Waals surface area contributed by atoms with Gasteiger partial charge in [0.15, 0.2) is 5.82 Å². The Labute approximate surface area is 127 Å². The zero-order valence-corrected chi connectivity index (χ0v) is 13.7. The highest BCUT2D eigenvalue weighted by Crippen LogP contribution is 2.23. The van der Waals surface area contributed by atoms with Crippen molar-refractivity contribution in [3.63, 3.8) is 0 Å². The zero-order chi connectivity index (χ0) is 15.8. The summed E-state index contributed by atoms with van der Waals surface area (Å²) < 4.78 is 10.8. The van der Waals surface area contributed by atoms with Crippen molar-refractivity contribution in [3.05, 3.63) is 23.3 Å². The van der Waals surface area contributed by atoms with Crippen LogP contribution < -0.4 is 0 Å². The highest BCUT2D eigenvalue weighted by Gasteiger charge is 2.21. The Morgan fingerprint density at radius 3 is 2.48 bits per heavy atom. The number of aromatic nitrogens is 2. The number of rotatable bonds is 8. The van der Waals surface area contributed by atoms with Gasteiger partial charge in [0, 0.05) is 12.8 Å². The summed E-state index contributed by atoms with van der Waals surface area (Å²) in [7, 11) is 0. The lowest BCUT2D eigenvalue weighted by molar-refractivity contribution is 0.0478. The monoisotopic (exact) mass is 294 g/mol. The minimum Gasteiger partial charge on any atom is -0.462 e. The summed E-state index contributed by atoms with van der Waals surface area (Å²) in [6.07, 6.45) is 3.31. The molecule has 0 saturated carbocycles. The second-order valence-electron chi connectivity index (χ2n) is 5.13. The average Bonchev–Trinajstić information content (AvgIpc) is 2.46. The topological polar surface area (TPSA) is 61.3 Å². The summed E-state index contributed by atoms with van der Waals surface area (Å²) in [5.41, 5.74) is 1.17. The second-order valence-corrected chi connectivity index (χ2v) is 5.13. The highest BCUT2D eigenvalue weighted by atomic mass is 16.5. The van der Waals surface area contributed by atoms with Crippen molar-refractivity contribution < 1.29 is 14.3 Å². The molecular formula is C16H26N2O3. The van der Waals surface area contributed by atoms with Crippen molar-refractivity contribution in [1.29, 1.82) is 0 Å². The molecule has 118 valence electrons. The molecule has 1 unspecified atom stereocenters. The van der Waals surface area contributed by atoms with Gasteiger partial charge in [0.1, 0.15) is 6.10 Å². The number of carbonyl (C=O) groups is 1. The van der Waals surface area contributed by atoms with Gasteiger partial charge in [0.25, 0.3) is 0 Å². The van der Waals surface area contributed by atoms with Crippen LogP contribution in [0.5, 0.6) is 0 Å². The van der Waals surface area contributed by atoms with Crippen LogP contribution in [-0.2, 0) is 9.47 Å². The first kappa shape index (κ1) is 17.6. The molecule has 0 radical (unpaired) electrons. The normalized spacial score (nSPS) is 12.5. The molecule has 0 fully saturated rings. The van der Waals surface area contributed by atoms with Gasteiger partial charge in [0.05, 0.1) is 17.9 Å². The van der Waals surface area contributed by atoms with Crippen LogP contribution in [0.4, 0.5) is 0 Å². The van der Waals surface area contributed by atoms with E-state index in [-0.39, 0.29) is 18.0 Å². The molecular weight excluding hydrogens is 268 g/mol. The molecule has 0 N–H and O–H groups in total. The Morgan fingerprint density at radius 2 is 1.95 bits per heavy atom. The van der Waals surface area contributed by atoms with E-state index in [1.165, 1.54) is 0 Å². The Kier molecular flexibility index (Phi) is 7.29. The molecule has 1 aromatic heterocycles. The van der Waals surface area contributed by atoms with Crippen molar-refractivity contribution >= 4 is 5.97 Å². The number of esters is 1. The number of hydrogen-bond donors (Lipinski definition) is 0. The molecule has 5 heteroatoms. The van der Waals surface area contributed by atoms with Gasteiger partial charge in [0.2, 0.25) is 0 Å². The molecule has 1 aromatic rings. The third-order valence-electron chi connectivity index (χ3n) is 3.09. The first-order chi connectivity index (χ1) is 10.0. The molecule has 0 aliphatic carbocycles. The standard InChI is InChI=1S/C16H26N2O3/c1-6-9-13(20-7-2)15-17-10-12(16(19)21-8-3)14(18-15)11(4)5/h10-11,13H,6-9H2,1-5H3. The molecule has 1 atom stereocenters. The van der Waals surface area contributed by atoms with Crippen molar-refractivity contribution in [1.82, 2.24) is 9.97 Å². The summed E-state index contributed by atoms with van der Waals surface area (Å²) >= 11 is 0. The van der Waals surface area contributed by atoms with E-state index in [0.717, 1.165) is 18.5 Å². The predicted octanol–water partition coefficient (Wildman–Crippen LogP) is 3.65. The van der Waals surface area contributed by atoms with Crippen LogP contribution in [-0.4, -0.2) is 29.2 Å². The van der Waals surface area contributed by atoms with Gasteiger partial charge in [-0.25, -0.2) is 14.8 Å². The first-order valence-corrected chi connectivity index (χ1v) is 7.70. The Hall–Kier alpha value is -1.49. The van der Waals surface area contributed by atoms with Crippen LogP contribution in [0.15, 0.2) is 6.20 Å². The lowest BCUT2D eigenvalue weighted by atomic mass is 10.0. The van der Waals surface area contributed by atoms with Crippen LogP contribution >= 0.6 is 0 Å². The van der Waals surface area contributed by atoms with Crippen LogP contribution in [0.2, 0.25) is 0 Å². The minimum atomic E-state index is -0.365. The molecule has 1 heterocycles. The zero-order valence-electron chi connectivity index (χ0n) is 13.7. The van der Waals surface area contributed by atoms with E-state index in [2.05, 4.69) is 16.9 Å². The Balaban J connectivity index is 3.14. The molecule has 0 aliphatic heterocycles. The van der Waals surface area contributed by atoms with Crippen molar-refractivity contribution in [2.45, 2.75) is 59.5 Å². The summed E-state index contributed by atoms with van der Waals surface area (Å²) in [5, 5.41) is 0. The van der Waals surface area contributed by atoms with Crippen LogP contribution in [0.25, 0.3) is 0 Å². The molecule has 0 aliphatic rings. The first-order valence-electron chi connectivity index (χ1n) is 7.70. The Morgan fingerprint density at radius 1 is 1.24 bits per heavy atom. The van der Waals surface area contributed by atoms with Gasteiger partial charge in [-0.05, 0) is 26.2 Å².